The Bertz CT molecular complexity index is 634. The lowest BCUT2D eigenvalue weighted by molar-refractivity contribution is -0.116. The van der Waals surface area contributed by atoms with E-state index in [-0.39, 0.29) is 21.7 Å². The fourth-order valence-electron chi connectivity index (χ4n) is 1.80. The van der Waals surface area contributed by atoms with Crippen molar-refractivity contribution < 1.29 is 9.90 Å². The summed E-state index contributed by atoms with van der Waals surface area (Å²) < 4.78 is 0. The Morgan fingerprint density at radius 1 is 1.14 bits per heavy atom. The lowest BCUT2D eigenvalue weighted by Crippen LogP contribution is -2.12. The van der Waals surface area contributed by atoms with Crippen LogP contribution in [-0.4, -0.2) is 11.0 Å². The Labute approximate surface area is 132 Å². The third-order valence-electron chi connectivity index (χ3n) is 2.92. The molecule has 4 N–H and O–H groups in total. The Morgan fingerprint density at radius 2 is 1.71 bits per heavy atom. The van der Waals surface area contributed by atoms with Gasteiger partial charge >= 0.3 is 0 Å². The van der Waals surface area contributed by atoms with E-state index in [2.05, 4.69) is 5.32 Å². The highest BCUT2D eigenvalue weighted by Gasteiger charge is 2.09. The van der Waals surface area contributed by atoms with Crippen LogP contribution in [0.1, 0.15) is 12.0 Å². The topological polar surface area (TPSA) is 75.4 Å². The fraction of sp³-hybridized carbons (Fsp3) is 0.133. The van der Waals surface area contributed by atoms with E-state index in [9.17, 15) is 9.90 Å². The van der Waals surface area contributed by atoms with Crippen LogP contribution in [0.4, 0.5) is 11.4 Å². The SMILES string of the molecule is Nc1ccc(CCC(=O)Nc2cc(Cl)c(O)c(Cl)c2)cc1. The number of phenols is 1. The molecule has 1 amide bonds. The molecule has 0 spiro atoms. The Balaban J connectivity index is 1.94. The monoisotopic (exact) mass is 324 g/mol. The number of rotatable bonds is 4. The van der Waals surface area contributed by atoms with E-state index < -0.39 is 0 Å². The molecule has 2 aromatic rings. The highest BCUT2D eigenvalue weighted by atomic mass is 35.5. The molecule has 0 unspecified atom stereocenters. The molecule has 2 rings (SSSR count). The van der Waals surface area contributed by atoms with Gasteiger partial charge in [0.25, 0.3) is 0 Å². The average Bonchev–Trinajstić information content (AvgIpc) is 2.44. The Morgan fingerprint density at radius 3 is 2.29 bits per heavy atom. The van der Waals surface area contributed by atoms with Crippen molar-refractivity contribution in [3.8, 4) is 5.75 Å². The van der Waals surface area contributed by atoms with Crippen LogP contribution < -0.4 is 11.1 Å². The van der Waals surface area contributed by atoms with Gasteiger partial charge in [0.1, 0.15) is 0 Å². The van der Waals surface area contributed by atoms with E-state index in [1.807, 2.05) is 12.1 Å². The lowest BCUT2D eigenvalue weighted by Gasteiger charge is -2.08. The largest absolute Gasteiger partial charge is 0.505 e. The molecular weight excluding hydrogens is 311 g/mol. The van der Waals surface area contributed by atoms with Crippen molar-refractivity contribution >= 4 is 40.5 Å². The quantitative estimate of drug-likeness (QED) is 0.590. The molecule has 0 aromatic heterocycles. The van der Waals surface area contributed by atoms with Gasteiger partial charge < -0.3 is 16.2 Å². The van der Waals surface area contributed by atoms with Gasteiger partial charge in [-0.05, 0) is 36.2 Å². The molecule has 0 fully saturated rings. The molecule has 4 nitrogen and oxygen atoms in total. The molecule has 6 heteroatoms. The molecule has 0 bridgehead atoms. The summed E-state index contributed by atoms with van der Waals surface area (Å²) >= 11 is 11.6. The maximum Gasteiger partial charge on any atom is 0.224 e. The van der Waals surface area contributed by atoms with Gasteiger partial charge in [-0.1, -0.05) is 35.3 Å². The predicted molar refractivity (Wildman–Crippen MR) is 85.9 cm³/mol. The second kappa shape index (κ2) is 6.70. The number of hydrogen-bond donors (Lipinski definition) is 3. The van der Waals surface area contributed by atoms with E-state index in [0.29, 0.717) is 24.2 Å². The van der Waals surface area contributed by atoms with E-state index >= 15 is 0 Å². The van der Waals surface area contributed by atoms with Gasteiger partial charge in [0.05, 0.1) is 10.0 Å². The van der Waals surface area contributed by atoms with Crippen molar-refractivity contribution in [2.45, 2.75) is 12.8 Å². The number of halogens is 2. The maximum absolute atomic E-state index is 11.9. The molecule has 0 aliphatic carbocycles. The predicted octanol–water partition coefficient (Wildman–Crippen LogP) is 3.85. The van der Waals surface area contributed by atoms with E-state index in [4.69, 9.17) is 28.9 Å². The summed E-state index contributed by atoms with van der Waals surface area (Å²) in [6.45, 7) is 0. The molecule has 0 aliphatic rings. The maximum atomic E-state index is 11.9. The molecular formula is C15H14Cl2N2O2. The smallest absolute Gasteiger partial charge is 0.224 e. The van der Waals surface area contributed by atoms with Gasteiger partial charge in [-0.15, -0.1) is 0 Å². The number of aromatic hydroxyl groups is 1. The number of carbonyl (C=O) groups excluding carboxylic acids is 1. The first-order valence-electron chi connectivity index (χ1n) is 6.28. The number of nitrogen functional groups attached to an aromatic ring is 1. The molecule has 0 heterocycles. The summed E-state index contributed by atoms with van der Waals surface area (Å²) in [5.41, 5.74) is 7.77. The minimum absolute atomic E-state index is 0.0938. The van der Waals surface area contributed by atoms with Gasteiger partial charge in [-0.25, -0.2) is 0 Å². The van der Waals surface area contributed by atoms with Gasteiger partial charge in [0, 0.05) is 17.8 Å². The van der Waals surface area contributed by atoms with Crippen LogP contribution in [0.5, 0.6) is 5.75 Å². The summed E-state index contributed by atoms with van der Waals surface area (Å²) in [4.78, 5) is 11.9. The number of nitrogens with two attached hydrogens (primary N) is 1. The van der Waals surface area contributed by atoms with Gasteiger partial charge in [0.2, 0.25) is 5.91 Å². The Hall–Kier alpha value is -1.91. The van der Waals surface area contributed by atoms with Crippen molar-refractivity contribution in [2.75, 3.05) is 11.1 Å². The average molecular weight is 325 g/mol. The van der Waals surface area contributed by atoms with Crippen molar-refractivity contribution in [3.63, 3.8) is 0 Å². The number of amides is 1. The van der Waals surface area contributed by atoms with Crippen LogP contribution in [0, 0.1) is 0 Å². The first-order valence-corrected chi connectivity index (χ1v) is 7.03. The number of benzene rings is 2. The van der Waals surface area contributed by atoms with Crippen LogP contribution in [0.25, 0.3) is 0 Å². The van der Waals surface area contributed by atoms with Crippen LogP contribution in [0.2, 0.25) is 10.0 Å². The molecule has 2 aromatic carbocycles. The van der Waals surface area contributed by atoms with Crippen LogP contribution in [-0.2, 0) is 11.2 Å². The normalized spacial score (nSPS) is 10.4. The van der Waals surface area contributed by atoms with Crippen molar-refractivity contribution in [1.82, 2.24) is 0 Å². The summed E-state index contributed by atoms with van der Waals surface area (Å²) in [5.74, 6) is -0.358. The van der Waals surface area contributed by atoms with E-state index in [1.165, 1.54) is 12.1 Å². The van der Waals surface area contributed by atoms with Gasteiger partial charge in [-0.2, -0.15) is 0 Å². The molecule has 21 heavy (non-hydrogen) atoms. The number of hydrogen-bond acceptors (Lipinski definition) is 3. The lowest BCUT2D eigenvalue weighted by atomic mass is 10.1. The summed E-state index contributed by atoms with van der Waals surface area (Å²) in [6, 6.07) is 10.3. The number of aryl methyl sites for hydroxylation is 1. The summed E-state index contributed by atoms with van der Waals surface area (Å²) in [5, 5.41) is 12.3. The molecule has 0 aliphatic heterocycles. The molecule has 0 atom stereocenters. The number of carbonyl (C=O) groups is 1. The zero-order chi connectivity index (χ0) is 15.4. The minimum atomic E-state index is -0.196. The highest BCUT2D eigenvalue weighted by Crippen LogP contribution is 2.34. The second-order valence-corrected chi connectivity index (χ2v) is 5.39. The van der Waals surface area contributed by atoms with Crippen LogP contribution in [0.3, 0.4) is 0 Å². The highest BCUT2D eigenvalue weighted by molar-refractivity contribution is 6.37. The van der Waals surface area contributed by atoms with E-state index in [0.717, 1.165) is 5.56 Å². The molecule has 110 valence electrons. The standard InChI is InChI=1S/C15H14Cl2N2O2/c16-12-7-11(8-13(17)15(12)21)19-14(20)6-3-9-1-4-10(18)5-2-9/h1-2,4-5,7-8,21H,3,6,18H2,(H,19,20). The molecule has 0 saturated carbocycles. The number of phenolic OH excluding ortho intramolecular Hbond substituents is 1. The minimum Gasteiger partial charge on any atom is -0.505 e. The number of nitrogens with one attached hydrogen (secondary N) is 1. The van der Waals surface area contributed by atoms with Crippen LogP contribution in [0.15, 0.2) is 36.4 Å². The van der Waals surface area contributed by atoms with Crippen molar-refractivity contribution in [2.24, 2.45) is 0 Å². The zero-order valence-electron chi connectivity index (χ0n) is 11.1. The summed E-state index contributed by atoms with van der Waals surface area (Å²) in [6.07, 6.45) is 0.922. The van der Waals surface area contributed by atoms with Crippen molar-refractivity contribution in [1.29, 1.82) is 0 Å². The van der Waals surface area contributed by atoms with Gasteiger partial charge in [-0.3, -0.25) is 4.79 Å². The van der Waals surface area contributed by atoms with Crippen LogP contribution >= 0.6 is 23.2 Å². The molecule has 0 saturated heterocycles. The van der Waals surface area contributed by atoms with E-state index in [1.54, 1.807) is 12.1 Å². The zero-order valence-corrected chi connectivity index (χ0v) is 12.6. The third-order valence-corrected chi connectivity index (χ3v) is 3.50. The Kier molecular flexibility index (Phi) is 4.94. The van der Waals surface area contributed by atoms with Gasteiger partial charge in [0.15, 0.2) is 5.75 Å². The first kappa shape index (κ1) is 15.5. The fourth-order valence-corrected chi connectivity index (χ4v) is 2.29. The molecule has 0 radical (unpaired) electrons. The summed E-state index contributed by atoms with van der Waals surface area (Å²) in [7, 11) is 0. The third kappa shape index (κ3) is 4.28. The first-order chi connectivity index (χ1) is 9.95. The second-order valence-electron chi connectivity index (χ2n) is 4.58. The number of anilines is 2. The van der Waals surface area contributed by atoms with Crippen molar-refractivity contribution in [3.05, 3.63) is 52.0 Å².